The quantitative estimate of drug-likeness (QED) is 0.805. The van der Waals surface area contributed by atoms with Crippen LogP contribution in [0, 0.1) is 12.3 Å². The topological polar surface area (TPSA) is 97.3 Å². The number of imidazole rings is 1. The van der Waals surface area contributed by atoms with Crippen LogP contribution in [0.5, 0.6) is 0 Å². The molecule has 0 spiro atoms. The standard InChI is InChI=1S/C20H25N5O3/c1-4-12-14-15(28-19(2,3)27-14)18(26-12)25-11-24-13-16(22-10-23-17(13)25)20(9-21)7-5-6-8-20/h1,10-12,14-15,18H,5-9,21H2,2-3H3/t12-,14-,15-,18-/m1/s1. The average Bonchev–Trinajstić information content (AvgIpc) is 3.43. The Hall–Kier alpha value is -2.05. The summed E-state index contributed by atoms with van der Waals surface area (Å²) in [6, 6.07) is 0. The molecule has 2 aromatic rings. The molecule has 148 valence electrons. The third-order valence-electron chi connectivity index (χ3n) is 6.28. The van der Waals surface area contributed by atoms with E-state index in [0.717, 1.165) is 36.9 Å². The summed E-state index contributed by atoms with van der Waals surface area (Å²) in [6.45, 7) is 4.32. The van der Waals surface area contributed by atoms with Crippen LogP contribution in [0.2, 0.25) is 0 Å². The zero-order valence-electron chi connectivity index (χ0n) is 16.2. The van der Waals surface area contributed by atoms with Gasteiger partial charge in [-0.15, -0.1) is 6.42 Å². The summed E-state index contributed by atoms with van der Waals surface area (Å²) in [5.74, 6) is 1.96. The number of terminal acetylenes is 1. The molecular formula is C20H25N5O3. The number of nitrogens with two attached hydrogens (primary N) is 1. The third kappa shape index (κ3) is 2.51. The molecule has 0 radical (unpaired) electrons. The summed E-state index contributed by atoms with van der Waals surface area (Å²) in [5.41, 5.74) is 8.47. The number of aromatic nitrogens is 4. The van der Waals surface area contributed by atoms with Crippen molar-refractivity contribution in [3.05, 3.63) is 18.3 Å². The highest BCUT2D eigenvalue weighted by Gasteiger charge is 2.56. The Labute approximate surface area is 163 Å². The molecule has 2 aromatic heterocycles. The van der Waals surface area contributed by atoms with E-state index in [1.807, 2.05) is 18.4 Å². The van der Waals surface area contributed by atoms with Crippen molar-refractivity contribution >= 4 is 11.2 Å². The van der Waals surface area contributed by atoms with Gasteiger partial charge < -0.3 is 19.9 Å². The second-order valence-corrected chi connectivity index (χ2v) is 8.42. The molecule has 0 aromatic carbocycles. The highest BCUT2D eigenvalue weighted by Crippen LogP contribution is 2.45. The molecule has 0 unspecified atom stereocenters. The molecule has 1 saturated carbocycles. The van der Waals surface area contributed by atoms with Crippen LogP contribution in [-0.4, -0.2) is 50.2 Å². The molecule has 3 aliphatic rings. The lowest BCUT2D eigenvalue weighted by Gasteiger charge is -2.26. The average molecular weight is 383 g/mol. The summed E-state index contributed by atoms with van der Waals surface area (Å²) in [5, 5.41) is 0. The molecule has 2 N–H and O–H groups in total. The zero-order chi connectivity index (χ0) is 19.5. The van der Waals surface area contributed by atoms with Crippen LogP contribution in [-0.2, 0) is 19.6 Å². The van der Waals surface area contributed by atoms with Gasteiger partial charge in [0.2, 0.25) is 0 Å². The molecule has 28 heavy (non-hydrogen) atoms. The predicted octanol–water partition coefficient (Wildman–Crippen LogP) is 1.65. The third-order valence-corrected chi connectivity index (χ3v) is 6.28. The Kier molecular flexibility index (Phi) is 4.00. The molecule has 8 heteroatoms. The monoisotopic (exact) mass is 383 g/mol. The van der Waals surface area contributed by atoms with Crippen LogP contribution in [0.1, 0.15) is 51.5 Å². The highest BCUT2D eigenvalue weighted by molar-refractivity contribution is 5.74. The van der Waals surface area contributed by atoms with Crippen LogP contribution in [0.25, 0.3) is 11.2 Å². The lowest BCUT2D eigenvalue weighted by atomic mass is 9.82. The molecule has 5 rings (SSSR count). The van der Waals surface area contributed by atoms with Gasteiger partial charge in [-0.1, -0.05) is 18.8 Å². The molecule has 2 saturated heterocycles. The molecule has 3 fully saturated rings. The summed E-state index contributed by atoms with van der Waals surface area (Å²) >= 11 is 0. The minimum atomic E-state index is -0.712. The van der Waals surface area contributed by atoms with E-state index < -0.39 is 18.1 Å². The lowest BCUT2D eigenvalue weighted by molar-refractivity contribution is -0.190. The summed E-state index contributed by atoms with van der Waals surface area (Å²) in [7, 11) is 0. The Balaban J connectivity index is 1.58. The number of rotatable bonds is 3. The maximum Gasteiger partial charge on any atom is 0.167 e. The molecule has 0 bridgehead atoms. The first-order chi connectivity index (χ1) is 13.5. The number of fused-ring (bicyclic) bond motifs is 2. The zero-order valence-corrected chi connectivity index (χ0v) is 16.2. The minimum absolute atomic E-state index is 0.129. The number of hydrogen-bond acceptors (Lipinski definition) is 7. The van der Waals surface area contributed by atoms with Gasteiger partial charge in [0.25, 0.3) is 0 Å². The normalized spacial score (nSPS) is 33.2. The molecular weight excluding hydrogens is 358 g/mol. The second-order valence-electron chi connectivity index (χ2n) is 8.42. The van der Waals surface area contributed by atoms with Crippen molar-refractivity contribution in [3.63, 3.8) is 0 Å². The van der Waals surface area contributed by atoms with Crippen molar-refractivity contribution in [1.29, 1.82) is 0 Å². The SMILES string of the molecule is C#C[C@H]1O[C@@H](n2cnc3c(C4(CN)CCCC4)ncnc32)[C@@H]2OC(C)(C)O[C@@H]21. The fourth-order valence-electron chi connectivity index (χ4n) is 4.95. The van der Waals surface area contributed by atoms with E-state index in [2.05, 4.69) is 20.9 Å². The van der Waals surface area contributed by atoms with Crippen LogP contribution in [0.15, 0.2) is 12.7 Å². The van der Waals surface area contributed by atoms with Gasteiger partial charge >= 0.3 is 0 Å². The predicted molar refractivity (Wildman–Crippen MR) is 101 cm³/mol. The summed E-state index contributed by atoms with van der Waals surface area (Å²) < 4.78 is 20.1. The van der Waals surface area contributed by atoms with E-state index in [-0.39, 0.29) is 17.6 Å². The summed E-state index contributed by atoms with van der Waals surface area (Å²) in [4.78, 5) is 13.8. The fraction of sp³-hybridized carbons (Fsp3) is 0.650. The van der Waals surface area contributed by atoms with Gasteiger partial charge in [-0.3, -0.25) is 4.57 Å². The fourth-order valence-corrected chi connectivity index (χ4v) is 4.95. The van der Waals surface area contributed by atoms with Gasteiger partial charge in [0.15, 0.2) is 17.7 Å². The van der Waals surface area contributed by atoms with Crippen molar-refractivity contribution in [2.24, 2.45) is 5.73 Å². The van der Waals surface area contributed by atoms with Crippen LogP contribution in [0.4, 0.5) is 0 Å². The van der Waals surface area contributed by atoms with Crippen LogP contribution >= 0.6 is 0 Å². The van der Waals surface area contributed by atoms with Gasteiger partial charge in [-0.2, -0.15) is 0 Å². The molecule has 8 nitrogen and oxygen atoms in total. The van der Waals surface area contributed by atoms with Crippen molar-refractivity contribution in [1.82, 2.24) is 19.5 Å². The molecule has 4 atom stereocenters. The van der Waals surface area contributed by atoms with E-state index in [9.17, 15) is 0 Å². The van der Waals surface area contributed by atoms with E-state index >= 15 is 0 Å². The maximum absolute atomic E-state index is 6.18. The van der Waals surface area contributed by atoms with Gasteiger partial charge in [0.1, 0.15) is 30.2 Å². The first-order valence-electron chi connectivity index (χ1n) is 9.83. The van der Waals surface area contributed by atoms with Crippen molar-refractivity contribution < 1.29 is 14.2 Å². The van der Waals surface area contributed by atoms with Crippen molar-refractivity contribution in [3.8, 4) is 12.3 Å². The van der Waals surface area contributed by atoms with E-state index in [4.69, 9.17) is 26.4 Å². The van der Waals surface area contributed by atoms with Gasteiger partial charge in [-0.05, 0) is 26.7 Å². The number of ether oxygens (including phenoxy) is 3. The van der Waals surface area contributed by atoms with Crippen LogP contribution < -0.4 is 5.73 Å². The smallest absolute Gasteiger partial charge is 0.167 e. The van der Waals surface area contributed by atoms with Gasteiger partial charge in [0.05, 0.1) is 12.0 Å². The second kappa shape index (κ2) is 6.22. The van der Waals surface area contributed by atoms with Crippen molar-refractivity contribution in [2.45, 2.75) is 75.3 Å². The van der Waals surface area contributed by atoms with Crippen molar-refractivity contribution in [2.75, 3.05) is 6.54 Å². The molecule has 0 amide bonds. The molecule has 1 aliphatic carbocycles. The van der Waals surface area contributed by atoms with Crippen LogP contribution in [0.3, 0.4) is 0 Å². The Morgan fingerprint density at radius 1 is 1.21 bits per heavy atom. The Bertz CT molecular complexity index is 943. The number of hydrogen-bond donors (Lipinski definition) is 1. The van der Waals surface area contributed by atoms with E-state index in [1.54, 1.807) is 12.7 Å². The first kappa shape index (κ1) is 18.0. The first-order valence-corrected chi connectivity index (χ1v) is 9.83. The Morgan fingerprint density at radius 3 is 2.68 bits per heavy atom. The maximum atomic E-state index is 6.18. The summed E-state index contributed by atoms with van der Waals surface area (Å²) in [6.07, 6.45) is 11.8. The molecule has 4 heterocycles. The molecule has 2 aliphatic heterocycles. The minimum Gasteiger partial charge on any atom is -0.341 e. The van der Waals surface area contributed by atoms with E-state index in [1.165, 1.54) is 0 Å². The number of nitrogens with zero attached hydrogens (tertiary/aromatic N) is 4. The van der Waals surface area contributed by atoms with Gasteiger partial charge in [-0.25, -0.2) is 15.0 Å². The van der Waals surface area contributed by atoms with E-state index in [0.29, 0.717) is 12.2 Å². The lowest BCUT2D eigenvalue weighted by Crippen LogP contribution is -2.33. The van der Waals surface area contributed by atoms with Gasteiger partial charge in [0, 0.05) is 12.0 Å². The Morgan fingerprint density at radius 2 is 1.96 bits per heavy atom. The highest BCUT2D eigenvalue weighted by atomic mass is 16.8. The largest absolute Gasteiger partial charge is 0.341 e.